The number of aliphatic hydroxyl groups excluding tert-OH is 1. The highest BCUT2D eigenvalue weighted by Crippen LogP contribution is 2.40. The van der Waals surface area contributed by atoms with Crippen LogP contribution in [0.25, 0.3) is 0 Å². The minimum absolute atomic E-state index is 0.343. The first-order chi connectivity index (χ1) is 8.34. The molecule has 0 aliphatic carbocycles. The van der Waals surface area contributed by atoms with Gasteiger partial charge in [-0.15, -0.1) is 0 Å². The molecule has 0 spiro atoms. The molecular weight excluding hydrogens is 236 g/mol. The summed E-state index contributed by atoms with van der Waals surface area (Å²) in [6, 6.07) is 4.68. The van der Waals surface area contributed by atoms with Crippen LogP contribution in [0.4, 0.5) is 0 Å². The molecule has 0 unspecified atom stereocenters. The minimum atomic E-state index is -1.18. The predicted octanol–water partition coefficient (Wildman–Crippen LogP) is 1.04. The first-order valence-electron chi connectivity index (χ1n) is 5.64. The highest BCUT2D eigenvalue weighted by molar-refractivity contribution is 5.89. The number of hydrogen-bond donors (Lipinski definition) is 2. The van der Waals surface area contributed by atoms with Crippen LogP contribution in [0.15, 0.2) is 18.2 Å². The molecule has 1 heterocycles. The van der Waals surface area contributed by atoms with Crippen molar-refractivity contribution in [3.63, 3.8) is 0 Å². The van der Waals surface area contributed by atoms with Gasteiger partial charge >= 0.3 is 5.97 Å². The maximum atomic E-state index is 11.4. The number of esters is 1. The number of aliphatic hydroxyl groups is 2. The van der Waals surface area contributed by atoms with Crippen LogP contribution < -0.4 is 4.74 Å². The van der Waals surface area contributed by atoms with Crippen molar-refractivity contribution in [2.45, 2.75) is 31.7 Å². The van der Waals surface area contributed by atoms with Crippen LogP contribution in [0.1, 0.15) is 35.9 Å². The largest absolute Gasteiger partial charge is 0.484 e. The Balaban J connectivity index is 2.36. The molecule has 2 N–H and O–H groups in total. The average molecular weight is 252 g/mol. The van der Waals surface area contributed by atoms with E-state index in [1.54, 1.807) is 26.0 Å². The molecule has 5 nitrogen and oxygen atoms in total. The number of ether oxygens (including phenoxy) is 2. The number of carbonyl (C=O) groups excluding carboxylic acids is 1. The van der Waals surface area contributed by atoms with Gasteiger partial charge in [0.25, 0.3) is 0 Å². The molecule has 2 atom stereocenters. The third-order valence-corrected chi connectivity index (χ3v) is 2.99. The van der Waals surface area contributed by atoms with Gasteiger partial charge in [0.1, 0.15) is 11.9 Å². The fraction of sp³-hybridized carbons (Fsp3) is 0.462. The lowest BCUT2D eigenvalue weighted by atomic mass is 9.94. The van der Waals surface area contributed by atoms with E-state index in [1.165, 1.54) is 13.2 Å². The summed E-state index contributed by atoms with van der Waals surface area (Å²) in [6.45, 7) is 3.13. The third-order valence-electron chi connectivity index (χ3n) is 2.99. The van der Waals surface area contributed by atoms with Gasteiger partial charge in [-0.2, -0.15) is 0 Å². The van der Waals surface area contributed by atoms with E-state index in [0.717, 1.165) is 0 Å². The van der Waals surface area contributed by atoms with E-state index in [0.29, 0.717) is 16.9 Å². The van der Waals surface area contributed by atoms with Gasteiger partial charge in [0.15, 0.2) is 6.10 Å². The number of fused-ring (bicyclic) bond motifs is 1. The van der Waals surface area contributed by atoms with Crippen LogP contribution in [0.2, 0.25) is 0 Å². The maximum Gasteiger partial charge on any atom is 0.337 e. The fourth-order valence-electron chi connectivity index (χ4n) is 2.03. The Morgan fingerprint density at radius 3 is 2.67 bits per heavy atom. The lowest BCUT2D eigenvalue weighted by Gasteiger charge is -2.27. The van der Waals surface area contributed by atoms with Crippen molar-refractivity contribution >= 4 is 5.97 Å². The number of rotatable bonds is 2. The van der Waals surface area contributed by atoms with Crippen molar-refractivity contribution in [2.75, 3.05) is 7.11 Å². The Morgan fingerprint density at radius 2 is 2.11 bits per heavy atom. The molecule has 1 aliphatic rings. The topological polar surface area (TPSA) is 76.0 Å². The zero-order valence-corrected chi connectivity index (χ0v) is 10.5. The standard InChI is InChI=1S/C13H16O5/c1-13(2,16)11-10(14)8-6-7(12(15)17-3)4-5-9(8)18-11/h4-6,10-11,14,16H,1-3H3/t10-,11-/m1/s1. The first kappa shape index (κ1) is 12.9. The predicted molar refractivity (Wildman–Crippen MR) is 63.5 cm³/mol. The molecular formula is C13H16O5. The summed E-state index contributed by atoms with van der Waals surface area (Å²) < 4.78 is 10.1. The summed E-state index contributed by atoms with van der Waals surface area (Å²) >= 11 is 0. The second-order valence-electron chi connectivity index (χ2n) is 4.88. The fourth-order valence-corrected chi connectivity index (χ4v) is 2.03. The number of hydrogen-bond acceptors (Lipinski definition) is 5. The number of benzene rings is 1. The summed E-state index contributed by atoms with van der Waals surface area (Å²) in [5, 5.41) is 20.0. The zero-order valence-electron chi connectivity index (χ0n) is 10.5. The third kappa shape index (κ3) is 2.07. The molecule has 0 saturated heterocycles. The highest BCUT2D eigenvalue weighted by Gasteiger charge is 2.42. The Bertz CT molecular complexity index is 475. The molecule has 0 radical (unpaired) electrons. The molecule has 1 aliphatic heterocycles. The molecule has 1 aromatic carbocycles. The van der Waals surface area contributed by atoms with Crippen molar-refractivity contribution in [3.8, 4) is 5.75 Å². The second kappa shape index (κ2) is 4.26. The lowest BCUT2D eigenvalue weighted by Crippen LogP contribution is -2.41. The van der Waals surface area contributed by atoms with Gasteiger partial charge in [-0.05, 0) is 32.0 Å². The van der Waals surface area contributed by atoms with E-state index in [9.17, 15) is 15.0 Å². The molecule has 2 rings (SSSR count). The highest BCUT2D eigenvalue weighted by atomic mass is 16.5. The monoisotopic (exact) mass is 252 g/mol. The SMILES string of the molecule is COC(=O)c1ccc2c(c1)[C@@H](O)[C@H](C(C)(C)O)O2. The molecule has 0 bridgehead atoms. The maximum absolute atomic E-state index is 11.4. The number of methoxy groups -OCH3 is 1. The average Bonchev–Trinajstić information content (AvgIpc) is 2.65. The second-order valence-corrected chi connectivity index (χ2v) is 4.88. The number of carbonyl (C=O) groups is 1. The lowest BCUT2D eigenvalue weighted by molar-refractivity contribution is -0.0762. The van der Waals surface area contributed by atoms with Crippen LogP contribution in [0, 0.1) is 0 Å². The van der Waals surface area contributed by atoms with Crippen molar-refractivity contribution in [2.24, 2.45) is 0 Å². The van der Waals surface area contributed by atoms with E-state index in [-0.39, 0.29) is 0 Å². The van der Waals surface area contributed by atoms with E-state index >= 15 is 0 Å². The Labute approximate surface area is 105 Å². The van der Waals surface area contributed by atoms with Gasteiger partial charge in [0, 0.05) is 5.56 Å². The van der Waals surface area contributed by atoms with Gasteiger partial charge in [-0.3, -0.25) is 0 Å². The van der Waals surface area contributed by atoms with Crippen LogP contribution >= 0.6 is 0 Å². The molecule has 98 valence electrons. The minimum Gasteiger partial charge on any atom is -0.484 e. The van der Waals surface area contributed by atoms with Crippen molar-refractivity contribution < 1.29 is 24.5 Å². The van der Waals surface area contributed by atoms with Crippen LogP contribution in [-0.4, -0.2) is 35.0 Å². The smallest absolute Gasteiger partial charge is 0.337 e. The molecule has 5 heteroatoms. The Kier molecular flexibility index (Phi) is 3.04. The summed E-state index contributed by atoms with van der Waals surface area (Å²) in [6.07, 6.45) is -1.72. The normalized spacial score (nSPS) is 22.3. The van der Waals surface area contributed by atoms with Gasteiger partial charge in [-0.25, -0.2) is 4.79 Å². The molecule has 1 aromatic rings. The van der Waals surface area contributed by atoms with Crippen LogP contribution in [-0.2, 0) is 4.74 Å². The summed E-state index contributed by atoms with van der Waals surface area (Å²) in [7, 11) is 1.29. The van der Waals surface area contributed by atoms with Crippen molar-refractivity contribution in [3.05, 3.63) is 29.3 Å². The van der Waals surface area contributed by atoms with Crippen LogP contribution in [0.5, 0.6) is 5.75 Å². The summed E-state index contributed by atoms with van der Waals surface area (Å²) in [5.74, 6) is -0.000938. The molecule has 0 saturated carbocycles. The Hall–Kier alpha value is -1.59. The molecule has 0 fully saturated rings. The van der Waals surface area contributed by atoms with Gasteiger partial charge in [-0.1, -0.05) is 0 Å². The van der Waals surface area contributed by atoms with Crippen molar-refractivity contribution in [1.82, 2.24) is 0 Å². The van der Waals surface area contributed by atoms with Crippen LogP contribution in [0.3, 0.4) is 0 Å². The van der Waals surface area contributed by atoms with Gasteiger partial charge < -0.3 is 19.7 Å². The quantitative estimate of drug-likeness (QED) is 0.769. The van der Waals surface area contributed by atoms with Gasteiger partial charge in [0.05, 0.1) is 18.3 Å². The van der Waals surface area contributed by atoms with Crippen molar-refractivity contribution in [1.29, 1.82) is 0 Å². The van der Waals surface area contributed by atoms with E-state index in [4.69, 9.17) is 4.74 Å². The molecule has 18 heavy (non-hydrogen) atoms. The zero-order chi connectivity index (χ0) is 13.5. The molecule has 0 aromatic heterocycles. The molecule has 0 amide bonds. The van der Waals surface area contributed by atoms with E-state index in [1.807, 2.05) is 0 Å². The Morgan fingerprint density at radius 1 is 1.44 bits per heavy atom. The van der Waals surface area contributed by atoms with E-state index in [2.05, 4.69) is 4.74 Å². The van der Waals surface area contributed by atoms with Gasteiger partial charge in [0.2, 0.25) is 0 Å². The van der Waals surface area contributed by atoms with E-state index < -0.39 is 23.8 Å². The summed E-state index contributed by atoms with van der Waals surface area (Å²) in [5.41, 5.74) is -0.343. The summed E-state index contributed by atoms with van der Waals surface area (Å²) in [4.78, 5) is 11.4. The first-order valence-corrected chi connectivity index (χ1v) is 5.64.